The van der Waals surface area contributed by atoms with Gasteiger partial charge in [-0.25, -0.2) is 0 Å². The highest BCUT2D eigenvalue weighted by Crippen LogP contribution is 2.16. The van der Waals surface area contributed by atoms with Crippen LogP contribution in [0.4, 0.5) is 0 Å². The second kappa shape index (κ2) is 4.07. The van der Waals surface area contributed by atoms with E-state index in [1.807, 2.05) is 4.90 Å². The van der Waals surface area contributed by atoms with Gasteiger partial charge in [0.1, 0.15) is 0 Å². The Bertz CT molecular complexity index is 190. The molecule has 0 bridgehead atoms. The highest BCUT2D eigenvalue weighted by atomic mass is 16.5. The van der Waals surface area contributed by atoms with E-state index in [4.69, 9.17) is 4.74 Å². The van der Waals surface area contributed by atoms with Gasteiger partial charge in [-0.1, -0.05) is 0 Å². The summed E-state index contributed by atoms with van der Waals surface area (Å²) in [5.41, 5.74) is 0. The third-order valence-corrected chi connectivity index (χ3v) is 2.75. The van der Waals surface area contributed by atoms with E-state index in [2.05, 4.69) is 5.32 Å². The van der Waals surface area contributed by atoms with Gasteiger partial charge in [0.15, 0.2) is 0 Å². The summed E-state index contributed by atoms with van der Waals surface area (Å²) in [7, 11) is 0. The van der Waals surface area contributed by atoms with Crippen molar-refractivity contribution in [2.75, 3.05) is 33.0 Å². The molecule has 2 heterocycles. The lowest BCUT2D eigenvalue weighted by atomic mass is 10.00. The SMILES string of the molecule is O=C1CNCN1CC1CCOCC1. The first-order valence-electron chi connectivity index (χ1n) is 4.92. The summed E-state index contributed by atoms with van der Waals surface area (Å²) in [6, 6.07) is 0. The molecule has 0 saturated carbocycles. The Hall–Kier alpha value is -0.610. The van der Waals surface area contributed by atoms with Gasteiger partial charge in [0.2, 0.25) is 5.91 Å². The molecule has 0 radical (unpaired) electrons. The summed E-state index contributed by atoms with van der Waals surface area (Å²) in [5.74, 6) is 0.893. The van der Waals surface area contributed by atoms with Crippen molar-refractivity contribution < 1.29 is 9.53 Å². The van der Waals surface area contributed by atoms with Gasteiger partial charge in [0, 0.05) is 19.8 Å². The molecule has 1 N–H and O–H groups in total. The Morgan fingerprint density at radius 2 is 2.23 bits per heavy atom. The Labute approximate surface area is 78.2 Å². The molecular weight excluding hydrogens is 168 g/mol. The molecule has 1 amide bonds. The smallest absolute Gasteiger partial charge is 0.237 e. The molecule has 0 unspecified atom stereocenters. The van der Waals surface area contributed by atoms with E-state index < -0.39 is 0 Å². The predicted molar refractivity (Wildman–Crippen MR) is 48.1 cm³/mol. The maximum atomic E-state index is 11.3. The van der Waals surface area contributed by atoms with Crippen molar-refractivity contribution in [1.82, 2.24) is 10.2 Å². The van der Waals surface area contributed by atoms with E-state index in [1.54, 1.807) is 0 Å². The number of amides is 1. The summed E-state index contributed by atoms with van der Waals surface area (Å²) < 4.78 is 5.27. The number of carbonyl (C=O) groups excluding carboxylic acids is 1. The molecule has 0 aromatic carbocycles. The lowest BCUT2D eigenvalue weighted by molar-refractivity contribution is -0.127. The van der Waals surface area contributed by atoms with Crippen LogP contribution < -0.4 is 5.32 Å². The minimum atomic E-state index is 0.242. The van der Waals surface area contributed by atoms with Gasteiger partial charge in [0.05, 0.1) is 13.2 Å². The van der Waals surface area contributed by atoms with Gasteiger partial charge >= 0.3 is 0 Å². The van der Waals surface area contributed by atoms with E-state index in [9.17, 15) is 4.79 Å². The summed E-state index contributed by atoms with van der Waals surface area (Å²) >= 11 is 0. The molecule has 0 aromatic rings. The zero-order valence-corrected chi connectivity index (χ0v) is 7.79. The fourth-order valence-electron chi connectivity index (χ4n) is 1.90. The standard InChI is InChI=1S/C9H16N2O2/c12-9-5-10-7-11(9)6-8-1-3-13-4-2-8/h8,10H,1-7H2. The molecule has 13 heavy (non-hydrogen) atoms. The highest BCUT2D eigenvalue weighted by molar-refractivity contribution is 5.79. The Balaban J connectivity index is 1.79. The molecule has 2 rings (SSSR count). The number of hydrogen-bond acceptors (Lipinski definition) is 3. The van der Waals surface area contributed by atoms with Crippen LogP contribution in [-0.4, -0.2) is 43.8 Å². The van der Waals surface area contributed by atoms with E-state index >= 15 is 0 Å². The molecule has 2 aliphatic heterocycles. The quantitative estimate of drug-likeness (QED) is 0.646. The van der Waals surface area contributed by atoms with Crippen LogP contribution in [0.15, 0.2) is 0 Å². The molecule has 2 aliphatic rings. The van der Waals surface area contributed by atoms with Crippen LogP contribution >= 0.6 is 0 Å². The highest BCUT2D eigenvalue weighted by Gasteiger charge is 2.23. The number of nitrogens with one attached hydrogen (secondary N) is 1. The molecule has 2 saturated heterocycles. The van der Waals surface area contributed by atoms with Gasteiger partial charge in [0.25, 0.3) is 0 Å². The van der Waals surface area contributed by atoms with Gasteiger partial charge < -0.3 is 9.64 Å². The first-order valence-corrected chi connectivity index (χ1v) is 4.92. The number of rotatable bonds is 2. The molecular formula is C9H16N2O2. The second-order valence-corrected chi connectivity index (χ2v) is 3.76. The average Bonchev–Trinajstić information content (AvgIpc) is 2.54. The second-order valence-electron chi connectivity index (χ2n) is 3.76. The summed E-state index contributed by atoms with van der Waals surface area (Å²) in [6.07, 6.45) is 2.20. The van der Waals surface area contributed by atoms with Gasteiger partial charge in [-0.3, -0.25) is 10.1 Å². The van der Waals surface area contributed by atoms with E-state index in [0.29, 0.717) is 12.5 Å². The summed E-state index contributed by atoms with van der Waals surface area (Å²) in [4.78, 5) is 13.2. The van der Waals surface area contributed by atoms with Crippen LogP contribution in [0.5, 0.6) is 0 Å². The zero-order chi connectivity index (χ0) is 9.10. The van der Waals surface area contributed by atoms with Crippen molar-refractivity contribution in [3.63, 3.8) is 0 Å². The van der Waals surface area contributed by atoms with Gasteiger partial charge in [-0.05, 0) is 18.8 Å². The number of ether oxygens (including phenoxy) is 1. The fraction of sp³-hybridized carbons (Fsp3) is 0.889. The van der Waals surface area contributed by atoms with Crippen LogP contribution in [0.25, 0.3) is 0 Å². The number of hydrogen-bond donors (Lipinski definition) is 1. The first-order chi connectivity index (χ1) is 6.36. The molecule has 4 heteroatoms. The van der Waals surface area contributed by atoms with Crippen molar-refractivity contribution in [3.05, 3.63) is 0 Å². The minimum Gasteiger partial charge on any atom is -0.381 e. The Kier molecular flexibility index (Phi) is 2.80. The van der Waals surface area contributed by atoms with Crippen molar-refractivity contribution in [3.8, 4) is 0 Å². The fourth-order valence-corrected chi connectivity index (χ4v) is 1.90. The van der Waals surface area contributed by atoms with E-state index in [0.717, 1.165) is 39.3 Å². The van der Waals surface area contributed by atoms with Crippen LogP contribution in [0.3, 0.4) is 0 Å². The van der Waals surface area contributed by atoms with Crippen LogP contribution in [0.1, 0.15) is 12.8 Å². The van der Waals surface area contributed by atoms with Crippen molar-refractivity contribution in [1.29, 1.82) is 0 Å². The van der Waals surface area contributed by atoms with Crippen molar-refractivity contribution in [2.24, 2.45) is 5.92 Å². The maximum Gasteiger partial charge on any atom is 0.237 e. The normalized spacial score (nSPS) is 25.5. The Morgan fingerprint density at radius 1 is 1.46 bits per heavy atom. The van der Waals surface area contributed by atoms with Crippen LogP contribution in [0.2, 0.25) is 0 Å². The Morgan fingerprint density at radius 3 is 2.85 bits per heavy atom. The lowest BCUT2D eigenvalue weighted by Crippen LogP contribution is -2.34. The van der Waals surface area contributed by atoms with Crippen molar-refractivity contribution >= 4 is 5.91 Å². The van der Waals surface area contributed by atoms with Gasteiger partial charge in [-0.2, -0.15) is 0 Å². The summed E-state index contributed by atoms with van der Waals surface area (Å²) in [5, 5.41) is 3.06. The number of carbonyl (C=O) groups is 1. The van der Waals surface area contributed by atoms with Gasteiger partial charge in [-0.15, -0.1) is 0 Å². The molecule has 0 aliphatic carbocycles. The van der Waals surface area contributed by atoms with E-state index in [1.165, 1.54) is 0 Å². The maximum absolute atomic E-state index is 11.3. The lowest BCUT2D eigenvalue weighted by Gasteiger charge is -2.26. The molecule has 0 aromatic heterocycles. The first kappa shape index (κ1) is 8.97. The largest absolute Gasteiger partial charge is 0.381 e. The third kappa shape index (κ3) is 2.19. The van der Waals surface area contributed by atoms with Crippen LogP contribution in [-0.2, 0) is 9.53 Å². The summed E-state index contributed by atoms with van der Waals surface area (Å²) in [6.45, 7) is 3.88. The molecule has 0 spiro atoms. The monoisotopic (exact) mass is 184 g/mol. The minimum absolute atomic E-state index is 0.242. The van der Waals surface area contributed by atoms with E-state index in [-0.39, 0.29) is 5.91 Å². The predicted octanol–water partition coefficient (Wildman–Crippen LogP) is -0.198. The third-order valence-electron chi connectivity index (χ3n) is 2.75. The van der Waals surface area contributed by atoms with Crippen molar-refractivity contribution in [2.45, 2.75) is 12.8 Å². The molecule has 4 nitrogen and oxygen atoms in total. The average molecular weight is 184 g/mol. The molecule has 74 valence electrons. The number of nitrogens with zero attached hydrogens (tertiary/aromatic N) is 1. The zero-order valence-electron chi connectivity index (χ0n) is 7.79. The topological polar surface area (TPSA) is 41.6 Å². The molecule has 2 fully saturated rings. The molecule has 0 atom stereocenters. The van der Waals surface area contributed by atoms with Crippen LogP contribution in [0, 0.1) is 5.92 Å².